The summed E-state index contributed by atoms with van der Waals surface area (Å²) in [6.07, 6.45) is 4.97. The first-order valence-corrected chi connectivity index (χ1v) is 21.5. The maximum absolute atomic E-state index is 12.6. The zero-order valence-electron chi connectivity index (χ0n) is 37.6. The predicted molar refractivity (Wildman–Crippen MR) is 254 cm³/mol. The van der Waals surface area contributed by atoms with Gasteiger partial charge < -0.3 is 23.7 Å². The van der Waals surface area contributed by atoms with Gasteiger partial charge in [0.2, 0.25) is 0 Å². The monoisotopic (exact) mass is 876 g/mol. The van der Waals surface area contributed by atoms with Gasteiger partial charge in [0.1, 0.15) is 46.0 Å². The lowest BCUT2D eigenvalue weighted by molar-refractivity contribution is -0.153. The highest BCUT2D eigenvalue weighted by Gasteiger charge is 2.47. The topological polar surface area (TPSA) is 114 Å². The van der Waals surface area contributed by atoms with Crippen LogP contribution in [0.1, 0.15) is 79.1 Å². The molecule has 1 fully saturated rings. The minimum Gasteiger partial charge on any atom is -0.460 e. The van der Waals surface area contributed by atoms with E-state index >= 15 is 0 Å². The number of fused-ring (bicyclic) bond motifs is 3. The zero-order valence-corrected chi connectivity index (χ0v) is 37.6. The summed E-state index contributed by atoms with van der Waals surface area (Å²) in [5.41, 5.74) is 11.2. The number of benzene rings is 6. The lowest BCUT2D eigenvalue weighted by atomic mass is 9.78. The van der Waals surface area contributed by atoms with Gasteiger partial charge in [-0.25, -0.2) is 9.59 Å². The van der Waals surface area contributed by atoms with E-state index in [4.69, 9.17) is 23.7 Å². The number of esters is 4. The van der Waals surface area contributed by atoms with Crippen LogP contribution in [0.25, 0.3) is 22.6 Å². The van der Waals surface area contributed by atoms with E-state index in [9.17, 15) is 19.2 Å². The van der Waals surface area contributed by atoms with Gasteiger partial charge in [0.05, 0.1) is 17.0 Å². The fourth-order valence-electron chi connectivity index (χ4n) is 8.31. The molecule has 10 rings (SSSR count). The third-order valence-corrected chi connectivity index (χ3v) is 11.9. The second-order valence-electron chi connectivity index (χ2n) is 17.1. The van der Waals surface area contributed by atoms with Gasteiger partial charge in [-0.1, -0.05) is 165 Å². The van der Waals surface area contributed by atoms with Crippen molar-refractivity contribution in [2.24, 2.45) is 11.8 Å². The Morgan fingerprint density at radius 1 is 0.515 bits per heavy atom. The van der Waals surface area contributed by atoms with Crippen molar-refractivity contribution in [2.75, 3.05) is 0 Å². The highest BCUT2D eigenvalue weighted by atomic mass is 16.6. The van der Waals surface area contributed by atoms with Crippen molar-refractivity contribution < 1.29 is 42.9 Å². The van der Waals surface area contributed by atoms with Crippen molar-refractivity contribution in [1.29, 1.82) is 0 Å². The van der Waals surface area contributed by atoms with Gasteiger partial charge in [0, 0.05) is 16.5 Å². The Morgan fingerprint density at radius 3 is 1.64 bits per heavy atom. The lowest BCUT2D eigenvalue weighted by Gasteiger charge is -2.26. The molecule has 0 radical (unpaired) electrons. The predicted octanol–water partition coefficient (Wildman–Crippen LogP) is 12.5. The van der Waals surface area contributed by atoms with E-state index in [1.165, 1.54) is 22.3 Å². The largest absolute Gasteiger partial charge is 0.460 e. The Bertz CT molecular complexity index is 2920. The molecule has 9 heteroatoms. The Balaban J connectivity index is 0.000000172. The maximum Gasteiger partial charge on any atom is 0.348 e. The van der Waals surface area contributed by atoms with Crippen LogP contribution in [0.5, 0.6) is 17.2 Å². The molecule has 0 amide bonds. The van der Waals surface area contributed by atoms with Gasteiger partial charge in [-0.15, -0.1) is 0 Å². The van der Waals surface area contributed by atoms with Crippen molar-refractivity contribution in [3.05, 3.63) is 220 Å². The molecule has 3 heterocycles. The summed E-state index contributed by atoms with van der Waals surface area (Å²) < 4.78 is 27.6. The second kappa shape index (κ2) is 18.2. The molecule has 1 saturated heterocycles. The van der Waals surface area contributed by atoms with Crippen molar-refractivity contribution in [3.8, 4) is 28.4 Å². The van der Waals surface area contributed by atoms with Gasteiger partial charge >= 0.3 is 23.9 Å². The van der Waals surface area contributed by atoms with Crippen molar-refractivity contribution in [1.82, 2.24) is 0 Å². The summed E-state index contributed by atoms with van der Waals surface area (Å²) in [4.78, 5) is 48.1. The van der Waals surface area contributed by atoms with Gasteiger partial charge in [-0.2, -0.15) is 0 Å². The van der Waals surface area contributed by atoms with Crippen LogP contribution in [0.4, 0.5) is 0 Å². The number of ether oxygens (including phenoxy) is 5. The quantitative estimate of drug-likeness (QED) is 0.0878. The molecule has 6 aromatic carbocycles. The molecule has 9 nitrogen and oxygen atoms in total. The molecule has 3 aliphatic heterocycles. The molecule has 330 valence electrons. The van der Waals surface area contributed by atoms with Crippen LogP contribution in [0.2, 0.25) is 0 Å². The average Bonchev–Trinajstić information content (AvgIpc) is 3.88. The number of hydrogen-bond donors (Lipinski definition) is 0. The van der Waals surface area contributed by atoms with Crippen LogP contribution in [0.3, 0.4) is 0 Å². The van der Waals surface area contributed by atoms with Gasteiger partial charge in [-0.05, 0) is 74.7 Å². The molecular weight excluding hydrogens is 829 g/mol. The van der Waals surface area contributed by atoms with E-state index < -0.39 is 29.7 Å². The van der Waals surface area contributed by atoms with Crippen LogP contribution in [0, 0.1) is 39.5 Å². The standard InChI is InChI=1S/C31H22O7.C17H20.C9H6O2/c1-16-13-17(2)15-19(14-16)26-22(36-24-9-4-7-20-18(3)35-30(33)27(20)24)11-6-12-23(26)37-25-10-5-8-21-28(25)31(34)38-29(21)32;1-13-5-9-15(10-6-13)17(3,4)16-11-7-14(2)8-12-16;1-6-7-4-2-3-5-8(7)9(10)11-6/h4-15,21,28H,3H2,1-2H3;5-12H,1-4H3;2-5H,1H2. The third-order valence-electron chi connectivity index (χ3n) is 11.9. The van der Waals surface area contributed by atoms with Crippen LogP contribution < -0.4 is 9.47 Å². The minimum absolute atomic E-state index is 0.0708. The summed E-state index contributed by atoms with van der Waals surface area (Å²) >= 11 is 0. The maximum atomic E-state index is 12.6. The number of rotatable bonds is 7. The molecule has 0 saturated carbocycles. The van der Waals surface area contributed by atoms with Gasteiger partial charge in [0.15, 0.2) is 0 Å². The van der Waals surface area contributed by atoms with E-state index in [1.807, 2.05) is 38.1 Å². The highest BCUT2D eigenvalue weighted by molar-refractivity contribution is 6.05. The number of hydrogen-bond acceptors (Lipinski definition) is 9. The van der Waals surface area contributed by atoms with Gasteiger partial charge in [-0.3, -0.25) is 9.59 Å². The number of carbonyl (C=O) groups excluding carboxylic acids is 4. The smallest absolute Gasteiger partial charge is 0.348 e. The Morgan fingerprint density at radius 2 is 1.03 bits per heavy atom. The summed E-state index contributed by atoms with van der Waals surface area (Å²) in [6.45, 7) is 20.2. The van der Waals surface area contributed by atoms with Gasteiger partial charge in [0.25, 0.3) is 0 Å². The van der Waals surface area contributed by atoms with E-state index in [0.717, 1.165) is 22.3 Å². The molecule has 0 aromatic heterocycles. The van der Waals surface area contributed by atoms with E-state index in [2.05, 4.69) is 95.5 Å². The van der Waals surface area contributed by atoms with Crippen LogP contribution >= 0.6 is 0 Å². The fourth-order valence-corrected chi connectivity index (χ4v) is 8.31. The van der Waals surface area contributed by atoms with Crippen LogP contribution in [-0.4, -0.2) is 23.9 Å². The number of carbonyl (C=O) groups is 4. The van der Waals surface area contributed by atoms with Crippen LogP contribution in [-0.2, 0) is 29.2 Å². The Hall–Kier alpha value is -8.04. The first-order chi connectivity index (χ1) is 31.6. The lowest BCUT2D eigenvalue weighted by Crippen LogP contribution is -2.23. The molecule has 6 aromatic rings. The fraction of sp³-hybridized carbons (Fsp3) is 0.158. The first-order valence-electron chi connectivity index (χ1n) is 21.5. The second-order valence-corrected chi connectivity index (χ2v) is 17.1. The molecule has 1 aliphatic carbocycles. The van der Waals surface area contributed by atoms with E-state index in [1.54, 1.807) is 66.8 Å². The summed E-state index contributed by atoms with van der Waals surface area (Å²) in [6, 6.07) is 41.4. The first kappa shape index (κ1) is 44.6. The Labute approximate surface area is 384 Å². The summed E-state index contributed by atoms with van der Waals surface area (Å²) in [5, 5.41) is 0. The average molecular weight is 877 g/mol. The zero-order chi connectivity index (χ0) is 46.9. The van der Waals surface area contributed by atoms with E-state index in [-0.39, 0.29) is 17.1 Å². The molecule has 0 N–H and O–H groups in total. The van der Waals surface area contributed by atoms with Crippen molar-refractivity contribution in [3.63, 3.8) is 0 Å². The molecular formula is C57H48O9. The van der Waals surface area contributed by atoms with Crippen molar-refractivity contribution in [2.45, 2.75) is 47.0 Å². The van der Waals surface area contributed by atoms with Crippen molar-refractivity contribution >= 4 is 35.4 Å². The highest BCUT2D eigenvalue weighted by Crippen LogP contribution is 2.46. The molecule has 0 spiro atoms. The molecule has 4 aliphatic rings. The minimum atomic E-state index is -0.859. The third kappa shape index (κ3) is 9.01. The van der Waals surface area contributed by atoms with E-state index in [0.29, 0.717) is 51.0 Å². The number of aryl methyl sites for hydroxylation is 4. The number of cyclic esters (lactones) is 4. The molecule has 66 heavy (non-hydrogen) atoms. The molecule has 0 bridgehead atoms. The van der Waals surface area contributed by atoms with Crippen LogP contribution in [0.15, 0.2) is 165 Å². The molecule has 2 atom stereocenters. The molecule has 2 unspecified atom stereocenters. The number of allylic oxidation sites excluding steroid dienone is 2. The Kier molecular flexibility index (Phi) is 12.3. The summed E-state index contributed by atoms with van der Waals surface area (Å²) in [7, 11) is 0. The normalized spacial score (nSPS) is 16.6. The summed E-state index contributed by atoms with van der Waals surface area (Å²) in [5.74, 6) is -1.47. The SMILES string of the molecule is C=C1OC(=O)c2c(Oc3cccc(OC4=CC=CC5C(=O)OC(=O)C45)c3-c3cc(C)cc(C)c3)cccc21.C=C1OC(=O)c2ccccc21.Cc1ccc(C(C)(C)c2ccc(C)cc2)cc1.